The van der Waals surface area contributed by atoms with Crippen LogP contribution in [-0.4, -0.2) is 61.0 Å². The van der Waals surface area contributed by atoms with E-state index in [1.165, 1.54) is 10.4 Å². The van der Waals surface area contributed by atoms with Gasteiger partial charge in [-0.2, -0.15) is 0 Å². The van der Waals surface area contributed by atoms with Gasteiger partial charge in [-0.25, -0.2) is 9.97 Å². The first-order valence-corrected chi connectivity index (χ1v) is 15.2. The zero-order valence-electron chi connectivity index (χ0n) is 22.8. The molecule has 2 aromatic heterocycles. The van der Waals surface area contributed by atoms with E-state index in [1.807, 2.05) is 6.33 Å². The minimum Gasteiger partial charge on any atom is -0.404 e. The fraction of sp³-hybridized carbons (Fsp3) is 0.400. The summed E-state index contributed by atoms with van der Waals surface area (Å²) in [6, 6.07) is 26.1. The van der Waals surface area contributed by atoms with Crippen LogP contribution >= 0.6 is 0 Å². The van der Waals surface area contributed by atoms with Gasteiger partial charge >= 0.3 is 0 Å². The maximum Gasteiger partial charge on any atom is 0.261 e. The molecule has 0 unspecified atom stereocenters. The zero-order chi connectivity index (χ0) is 26.0. The van der Waals surface area contributed by atoms with Gasteiger partial charge in [-0.1, -0.05) is 81.4 Å². The maximum atomic E-state index is 7.39. The standard InChI is InChI=1S/C30H39N5OSi/c1-30(2,3)37(25-12-8-6-9-13-25,26-14-10-7-11-15-26)36-24-18-20-34(21-19-24)28-17-16-27-29(32-28)35(22-31-27)23-33(4)5/h6-17,22,24H,18-21,23H2,1-5H3. The summed E-state index contributed by atoms with van der Waals surface area (Å²) in [7, 11) is 1.58. The summed E-state index contributed by atoms with van der Waals surface area (Å²) in [5.74, 6) is 1.02. The van der Waals surface area contributed by atoms with E-state index in [0.717, 1.165) is 49.6 Å². The lowest BCUT2D eigenvalue weighted by Gasteiger charge is -2.46. The molecule has 0 saturated carbocycles. The predicted molar refractivity (Wildman–Crippen MR) is 155 cm³/mol. The molecular formula is C30H39N5OSi. The van der Waals surface area contributed by atoms with Gasteiger partial charge in [-0.3, -0.25) is 4.90 Å². The molecular weight excluding hydrogens is 474 g/mol. The van der Waals surface area contributed by atoms with E-state index >= 15 is 0 Å². The topological polar surface area (TPSA) is 46.4 Å². The first-order valence-electron chi connectivity index (χ1n) is 13.3. The average molecular weight is 514 g/mol. The minimum absolute atomic E-state index is 0.00965. The molecule has 7 heteroatoms. The number of hydrogen-bond acceptors (Lipinski definition) is 5. The van der Waals surface area contributed by atoms with E-state index in [4.69, 9.17) is 9.41 Å². The smallest absolute Gasteiger partial charge is 0.261 e. The number of aromatic nitrogens is 3. The highest BCUT2D eigenvalue weighted by Gasteiger charge is 2.51. The number of pyridine rings is 1. The third-order valence-electron chi connectivity index (χ3n) is 7.41. The van der Waals surface area contributed by atoms with Gasteiger partial charge in [0.2, 0.25) is 0 Å². The van der Waals surface area contributed by atoms with Crippen LogP contribution < -0.4 is 15.3 Å². The first kappa shape index (κ1) is 25.6. The number of anilines is 1. The first-order chi connectivity index (χ1) is 17.8. The second-order valence-electron chi connectivity index (χ2n) is 11.4. The Morgan fingerprint density at radius 3 is 2.03 bits per heavy atom. The lowest BCUT2D eigenvalue weighted by atomic mass is 10.1. The Kier molecular flexibility index (Phi) is 7.21. The molecule has 6 nitrogen and oxygen atoms in total. The second-order valence-corrected chi connectivity index (χ2v) is 15.7. The Balaban J connectivity index is 1.39. The van der Waals surface area contributed by atoms with Gasteiger partial charge in [0, 0.05) is 19.2 Å². The average Bonchev–Trinajstić information content (AvgIpc) is 3.29. The lowest BCUT2D eigenvalue weighted by molar-refractivity contribution is 0.158. The molecule has 3 heterocycles. The van der Waals surface area contributed by atoms with E-state index in [0.29, 0.717) is 0 Å². The van der Waals surface area contributed by atoms with Gasteiger partial charge in [0.1, 0.15) is 11.3 Å². The number of piperidine rings is 1. The summed E-state index contributed by atoms with van der Waals surface area (Å²) in [4.78, 5) is 14.1. The lowest BCUT2D eigenvalue weighted by Crippen LogP contribution is -2.68. The number of hydrogen-bond donors (Lipinski definition) is 0. The van der Waals surface area contributed by atoms with Crippen molar-refractivity contribution < 1.29 is 4.43 Å². The van der Waals surface area contributed by atoms with Gasteiger partial charge in [0.15, 0.2) is 5.65 Å². The van der Waals surface area contributed by atoms with Crippen molar-refractivity contribution in [1.29, 1.82) is 0 Å². The van der Waals surface area contributed by atoms with Gasteiger partial charge in [0.05, 0.1) is 13.0 Å². The molecule has 0 spiro atoms. The SMILES string of the molecule is CN(C)Cn1cnc2ccc(N3CCC(O[Si](c4ccccc4)(c4ccccc4)C(C)(C)C)CC3)nc21. The van der Waals surface area contributed by atoms with Crippen LogP contribution in [0.2, 0.25) is 5.04 Å². The zero-order valence-corrected chi connectivity index (χ0v) is 23.8. The van der Waals surface area contributed by atoms with Crippen molar-refractivity contribution in [2.24, 2.45) is 0 Å². The summed E-state index contributed by atoms with van der Waals surface area (Å²) >= 11 is 0. The van der Waals surface area contributed by atoms with Crippen LogP contribution in [0.5, 0.6) is 0 Å². The molecule has 0 atom stereocenters. The van der Waals surface area contributed by atoms with Crippen molar-refractivity contribution in [2.45, 2.75) is 51.4 Å². The summed E-state index contributed by atoms with van der Waals surface area (Å²) in [6.45, 7) is 9.69. The summed E-state index contributed by atoms with van der Waals surface area (Å²) in [5.41, 5.74) is 1.88. The quantitative estimate of drug-likeness (QED) is 0.341. The van der Waals surface area contributed by atoms with Crippen molar-refractivity contribution in [2.75, 3.05) is 32.1 Å². The van der Waals surface area contributed by atoms with E-state index < -0.39 is 8.32 Å². The largest absolute Gasteiger partial charge is 0.404 e. The molecule has 0 bridgehead atoms. The molecule has 37 heavy (non-hydrogen) atoms. The predicted octanol–water partition coefficient (Wildman–Crippen LogP) is 4.50. The highest BCUT2D eigenvalue weighted by molar-refractivity contribution is 6.99. The molecule has 1 aliphatic heterocycles. The van der Waals surface area contributed by atoms with Crippen LogP contribution in [0.15, 0.2) is 79.1 Å². The van der Waals surface area contributed by atoms with E-state index in [2.05, 4.69) is 127 Å². The molecule has 0 N–H and O–H groups in total. The van der Waals surface area contributed by atoms with Gasteiger partial charge < -0.3 is 13.9 Å². The molecule has 2 aromatic carbocycles. The van der Waals surface area contributed by atoms with Gasteiger partial charge in [0.25, 0.3) is 8.32 Å². The number of benzene rings is 2. The van der Waals surface area contributed by atoms with Crippen molar-refractivity contribution in [3.8, 4) is 0 Å². The summed E-state index contributed by atoms with van der Waals surface area (Å²) in [6.07, 6.45) is 4.07. The van der Waals surface area contributed by atoms with Crippen molar-refractivity contribution >= 4 is 35.7 Å². The normalized spacial score (nSPS) is 15.6. The fourth-order valence-corrected chi connectivity index (χ4v) is 10.4. The number of imidazole rings is 1. The Morgan fingerprint density at radius 1 is 0.892 bits per heavy atom. The molecule has 0 amide bonds. The third kappa shape index (κ3) is 5.08. The molecule has 5 rings (SSSR count). The number of rotatable bonds is 7. The van der Waals surface area contributed by atoms with Crippen LogP contribution in [0, 0.1) is 0 Å². The molecule has 1 aliphatic rings. The van der Waals surface area contributed by atoms with E-state index in [-0.39, 0.29) is 11.1 Å². The highest BCUT2D eigenvalue weighted by Crippen LogP contribution is 2.38. The van der Waals surface area contributed by atoms with Crippen molar-refractivity contribution in [1.82, 2.24) is 19.4 Å². The Hall–Kier alpha value is -3.00. The van der Waals surface area contributed by atoms with Gasteiger partial charge in [-0.15, -0.1) is 0 Å². The molecule has 0 radical (unpaired) electrons. The highest BCUT2D eigenvalue weighted by atomic mass is 28.4. The Labute approximate surface area is 222 Å². The third-order valence-corrected chi connectivity index (χ3v) is 12.5. The Bertz CT molecular complexity index is 1270. The summed E-state index contributed by atoms with van der Waals surface area (Å²) in [5, 5.41) is 2.68. The molecule has 4 aromatic rings. The van der Waals surface area contributed by atoms with Crippen LogP contribution in [0.1, 0.15) is 33.6 Å². The van der Waals surface area contributed by atoms with Crippen LogP contribution in [0.25, 0.3) is 11.2 Å². The van der Waals surface area contributed by atoms with Crippen molar-refractivity contribution in [3.63, 3.8) is 0 Å². The summed E-state index contributed by atoms with van der Waals surface area (Å²) < 4.78 is 9.50. The van der Waals surface area contributed by atoms with Gasteiger partial charge in [-0.05, 0) is 54.5 Å². The van der Waals surface area contributed by atoms with Crippen LogP contribution in [0.3, 0.4) is 0 Å². The minimum atomic E-state index is -2.54. The Morgan fingerprint density at radius 2 is 1.49 bits per heavy atom. The molecule has 1 saturated heterocycles. The molecule has 194 valence electrons. The van der Waals surface area contributed by atoms with E-state index in [1.54, 1.807) is 0 Å². The van der Waals surface area contributed by atoms with E-state index in [9.17, 15) is 0 Å². The number of nitrogens with zero attached hydrogens (tertiary/aromatic N) is 5. The second kappa shape index (κ2) is 10.4. The number of fused-ring (bicyclic) bond motifs is 1. The maximum absolute atomic E-state index is 7.39. The van der Waals surface area contributed by atoms with Crippen molar-refractivity contribution in [3.05, 3.63) is 79.1 Å². The monoisotopic (exact) mass is 513 g/mol. The molecule has 1 fully saturated rings. The molecule has 0 aliphatic carbocycles. The van der Waals surface area contributed by atoms with Crippen LogP contribution in [-0.2, 0) is 11.1 Å². The van der Waals surface area contributed by atoms with Crippen LogP contribution in [0.4, 0.5) is 5.82 Å². The fourth-order valence-electron chi connectivity index (χ4n) is 5.66.